The van der Waals surface area contributed by atoms with E-state index in [4.69, 9.17) is 0 Å². The molecule has 89 valence electrons. The van der Waals surface area contributed by atoms with Crippen LogP contribution in [0.3, 0.4) is 0 Å². The first kappa shape index (κ1) is 16.3. The molecule has 1 aliphatic rings. The molecule has 0 aromatic rings. The normalized spacial score (nSPS) is 24.3. The van der Waals surface area contributed by atoms with Crippen molar-refractivity contribution < 1.29 is 24.6 Å². The third-order valence-electron chi connectivity index (χ3n) is 2.51. The zero-order chi connectivity index (χ0) is 10.6. The van der Waals surface area contributed by atoms with E-state index in [1.165, 1.54) is 0 Å². The van der Waals surface area contributed by atoms with Gasteiger partial charge in [-0.3, -0.25) is 9.10 Å². The van der Waals surface area contributed by atoms with Crippen LogP contribution in [0.25, 0.3) is 4.72 Å². The SMILES string of the molecule is O=C(S)CC([N-]S)C1CCCN(S)C1.[Os+]. The Balaban J connectivity index is 0.00000196. The number of hydrogen-bond acceptors (Lipinski definition) is 4. The molecular weight excluding hydrogens is 427 g/mol. The van der Waals surface area contributed by atoms with Crippen molar-refractivity contribution in [1.82, 2.24) is 4.31 Å². The van der Waals surface area contributed by atoms with Gasteiger partial charge in [-0.2, -0.15) is 0 Å². The minimum atomic E-state index is -0.121. The molecule has 15 heavy (non-hydrogen) atoms. The Morgan fingerprint density at radius 3 is 2.73 bits per heavy atom. The Labute approximate surface area is 121 Å². The Morgan fingerprint density at radius 2 is 2.27 bits per heavy atom. The topological polar surface area (TPSA) is 34.4 Å². The van der Waals surface area contributed by atoms with Gasteiger partial charge in [0, 0.05) is 19.5 Å². The van der Waals surface area contributed by atoms with Gasteiger partial charge < -0.3 is 17.5 Å². The summed E-state index contributed by atoms with van der Waals surface area (Å²) in [5, 5.41) is -0.121. The van der Waals surface area contributed by atoms with Crippen LogP contribution in [0.15, 0.2) is 0 Å². The van der Waals surface area contributed by atoms with Crippen LogP contribution in [-0.2, 0) is 24.6 Å². The van der Waals surface area contributed by atoms with Crippen LogP contribution in [0.5, 0.6) is 0 Å². The van der Waals surface area contributed by atoms with E-state index < -0.39 is 0 Å². The molecule has 0 N–H and O–H groups in total. The number of hydrogen-bond donors (Lipinski definition) is 3. The van der Waals surface area contributed by atoms with Gasteiger partial charge in [-0.05, 0) is 18.8 Å². The van der Waals surface area contributed by atoms with Crippen molar-refractivity contribution in [3.05, 3.63) is 4.72 Å². The van der Waals surface area contributed by atoms with Crippen LogP contribution in [-0.4, -0.2) is 28.6 Å². The maximum Gasteiger partial charge on any atom is 1.00 e. The molecule has 1 rings (SSSR count). The van der Waals surface area contributed by atoms with Gasteiger partial charge >= 0.3 is 19.8 Å². The first-order chi connectivity index (χ1) is 6.63. The smallest absolute Gasteiger partial charge is 0.606 e. The van der Waals surface area contributed by atoms with Gasteiger partial charge in [0.05, 0.1) is 0 Å². The maximum atomic E-state index is 10.9. The molecule has 2 unspecified atom stereocenters. The number of carbonyl (C=O) groups is 1. The minimum absolute atomic E-state index is 0. The molecule has 0 amide bonds. The summed E-state index contributed by atoms with van der Waals surface area (Å²) < 4.78 is 5.93. The monoisotopic (exact) mass is 443 g/mol. The van der Waals surface area contributed by atoms with Crippen molar-refractivity contribution in [2.45, 2.75) is 25.3 Å². The van der Waals surface area contributed by atoms with Crippen molar-refractivity contribution in [2.75, 3.05) is 13.1 Å². The van der Waals surface area contributed by atoms with Crippen molar-refractivity contribution in [3.63, 3.8) is 0 Å². The average Bonchev–Trinajstić information content (AvgIpc) is 2.14. The standard InChI is InChI=1S/C8H15N2OS3.Os/c11-8(12)4-7(9-13)6-2-1-3-10(14)5-6;/h6-7,13-14H,1-5H2,(H,11,12);/q-1;+1. The molecule has 0 bridgehead atoms. The number of rotatable bonds is 4. The Morgan fingerprint density at radius 1 is 1.60 bits per heavy atom. The number of piperidine rings is 1. The van der Waals surface area contributed by atoms with E-state index >= 15 is 0 Å². The Hall–Kier alpha value is 1.28. The number of carbonyl (C=O) groups excluding carboxylic acids is 1. The summed E-state index contributed by atoms with van der Waals surface area (Å²) in [6.07, 6.45) is 2.57. The van der Waals surface area contributed by atoms with Crippen molar-refractivity contribution in [1.29, 1.82) is 0 Å². The molecule has 0 aliphatic carbocycles. The predicted octanol–water partition coefficient (Wildman–Crippen LogP) is 1.97. The molecule has 3 nitrogen and oxygen atoms in total. The van der Waals surface area contributed by atoms with E-state index in [2.05, 4.69) is 43.0 Å². The van der Waals surface area contributed by atoms with Crippen molar-refractivity contribution >= 4 is 43.4 Å². The molecule has 1 saturated heterocycles. The van der Waals surface area contributed by atoms with Gasteiger partial charge in [0.2, 0.25) is 0 Å². The zero-order valence-electron chi connectivity index (χ0n) is 8.19. The van der Waals surface area contributed by atoms with Crippen LogP contribution in [0, 0.1) is 5.92 Å². The summed E-state index contributed by atoms with van der Waals surface area (Å²) in [5.74, 6) is 0.384. The maximum absolute atomic E-state index is 10.9. The fraction of sp³-hybridized carbons (Fsp3) is 0.875. The predicted molar refractivity (Wildman–Crippen MR) is 68.0 cm³/mol. The molecule has 0 saturated carbocycles. The largest absolute Gasteiger partial charge is 1.00 e. The summed E-state index contributed by atoms with van der Waals surface area (Å²) in [6.45, 7) is 1.88. The Kier molecular flexibility index (Phi) is 9.09. The number of nitrogens with zero attached hydrogens (tertiary/aromatic N) is 2. The third kappa shape index (κ3) is 5.95. The molecule has 0 aromatic carbocycles. The first-order valence-corrected chi connectivity index (χ1v) is 5.88. The summed E-state index contributed by atoms with van der Waals surface area (Å²) >= 11 is 12.0. The number of thiol groups is 3. The second kappa shape index (κ2) is 8.38. The van der Waals surface area contributed by atoms with Gasteiger partial charge in [-0.1, -0.05) is 12.8 Å². The van der Waals surface area contributed by atoms with E-state index in [-0.39, 0.29) is 30.9 Å². The van der Waals surface area contributed by atoms with E-state index in [9.17, 15) is 4.79 Å². The van der Waals surface area contributed by atoms with Gasteiger partial charge in [0.1, 0.15) is 0 Å². The van der Waals surface area contributed by atoms with Crippen molar-refractivity contribution in [2.24, 2.45) is 5.92 Å². The second-order valence-electron chi connectivity index (χ2n) is 3.60. The van der Waals surface area contributed by atoms with Gasteiger partial charge in [-0.15, -0.1) is 18.7 Å². The van der Waals surface area contributed by atoms with Crippen LogP contribution in [0.4, 0.5) is 0 Å². The van der Waals surface area contributed by atoms with Crippen LogP contribution in [0.1, 0.15) is 19.3 Å². The van der Waals surface area contributed by atoms with E-state index in [1.807, 2.05) is 4.31 Å². The second-order valence-corrected chi connectivity index (χ2v) is 4.89. The summed E-state index contributed by atoms with van der Waals surface area (Å²) in [6, 6.07) is -0.0155. The molecule has 1 fully saturated rings. The third-order valence-corrected chi connectivity index (χ3v) is 3.36. The van der Waals surface area contributed by atoms with E-state index in [0.29, 0.717) is 12.3 Å². The van der Waals surface area contributed by atoms with Crippen LogP contribution in [0.2, 0.25) is 0 Å². The summed E-state index contributed by atoms with van der Waals surface area (Å²) in [4.78, 5) is 10.9. The summed E-state index contributed by atoms with van der Waals surface area (Å²) in [7, 11) is 0. The van der Waals surface area contributed by atoms with Crippen molar-refractivity contribution in [3.8, 4) is 0 Å². The quantitative estimate of drug-likeness (QED) is 0.584. The average molecular weight is 442 g/mol. The molecule has 0 spiro atoms. The minimum Gasteiger partial charge on any atom is -0.606 e. The molecule has 7 heteroatoms. The van der Waals surface area contributed by atoms with E-state index in [1.54, 1.807) is 0 Å². The molecular formula is C8H15N2OOsS3. The molecule has 1 radical (unpaired) electrons. The van der Waals surface area contributed by atoms with Crippen LogP contribution < -0.4 is 0 Å². The first-order valence-electron chi connectivity index (χ1n) is 4.63. The van der Waals surface area contributed by atoms with Gasteiger partial charge in [-0.25, -0.2) is 0 Å². The van der Waals surface area contributed by atoms with Gasteiger partial charge in [0.15, 0.2) is 5.12 Å². The fourth-order valence-corrected chi connectivity index (χ4v) is 2.59. The molecule has 2 atom stereocenters. The molecule has 1 aliphatic heterocycles. The van der Waals surface area contributed by atoms with E-state index in [0.717, 1.165) is 25.9 Å². The van der Waals surface area contributed by atoms with Crippen LogP contribution >= 0.6 is 38.3 Å². The Bertz CT molecular complexity index is 208. The fourth-order valence-electron chi connectivity index (χ4n) is 1.78. The zero-order valence-corrected chi connectivity index (χ0v) is 13.4. The molecule has 0 aromatic heterocycles. The molecule has 1 heterocycles. The summed E-state index contributed by atoms with van der Waals surface area (Å²) in [5.41, 5.74) is 0. The van der Waals surface area contributed by atoms with Gasteiger partial charge in [0.25, 0.3) is 0 Å².